The van der Waals surface area contributed by atoms with Gasteiger partial charge >= 0.3 is 0 Å². The molecule has 5 nitrogen and oxygen atoms in total. The average Bonchev–Trinajstić information content (AvgIpc) is 3.02. The maximum atomic E-state index is 13.6. The van der Waals surface area contributed by atoms with Crippen LogP contribution in [0.4, 0.5) is 4.39 Å². The molecule has 2 heterocycles. The lowest BCUT2D eigenvalue weighted by Gasteiger charge is -2.07. The Morgan fingerprint density at radius 3 is 2.95 bits per heavy atom. The van der Waals surface area contributed by atoms with E-state index < -0.39 is 0 Å². The fraction of sp³-hybridized carbons (Fsp3) is 0.308. The second kappa shape index (κ2) is 5.24. The highest BCUT2D eigenvalue weighted by molar-refractivity contribution is 8.00. The zero-order valence-electron chi connectivity index (χ0n) is 10.8. The SMILES string of the molecule is CN1CCC(Sc2n[nH]c(-c3ccccc3F)n2)C1=O. The molecule has 0 saturated carbocycles. The van der Waals surface area contributed by atoms with Gasteiger partial charge in [0.2, 0.25) is 11.1 Å². The van der Waals surface area contributed by atoms with Gasteiger partial charge in [-0.3, -0.25) is 9.89 Å². The van der Waals surface area contributed by atoms with Crippen LogP contribution in [-0.4, -0.2) is 44.8 Å². The average molecular weight is 292 g/mol. The molecule has 0 spiro atoms. The summed E-state index contributed by atoms with van der Waals surface area (Å²) in [6, 6.07) is 6.38. The number of nitrogens with one attached hydrogen (secondary N) is 1. The van der Waals surface area contributed by atoms with Gasteiger partial charge in [0.05, 0.1) is 10.8 Å². The van der Waals surface area contributed by atoms with Crippen molar-refractivity contribution in [1.82, 2.24) is 20.1 Å². The Labute approximate surface area is 119 Å². The lowest BCUT2D eigenvalue weighted by atomic mass is 10.2. The second-order valence-electron chi connectivity index (χ2n) is 4.60. The highest BCUT2D eigenvalue weighted by Gasteiger charge is 2.31. The number of aromatic nitrogens is 3. The summed E-state index contributed by atoms with van der Waals surface area (Å²) in [4.78, 5) is 17.8. The molecule has 1 aromatic heterocycles. The van der Waals surface area contributed by atoms with Crippen LogP contribution in [0.25, 0.3) is 11.4 Å². The molecule has 7 heteroatoms. The summed E-state index contributed by atoms with van der Waals surface area (Å²) >= 11 is 1.32. The maximum absolute atomic E-state index is 13.6. The van der Waals surface area contributed by atoms with Crippen LogP contribution in [0.15, 0.2) is 29.4 Å². The van der Waals surface area contributed by atoms with E-state index in [1.165, 1.54) is 17.8 Å². The van der Waals surface area contributed by atoms with E-state index in [9.17, 15) is 9.18 Å². The van der Waals surface area contributed by atoms with Crippen LogP contribution >= 0.6 is 11.8 Å². The van der Waals surface area contributed by atoms with Crippen LogP contribution in [0, 0.1) is 5.82 Å². The molecule has 3 rings (SSSR count). The number of thioether (sulfide) groups is 1. The minimum Gasteiger partial charge on any atom is -0.345 e. The molecule has 1 atom stereocenters. The molecule has 1 unspecified atom stereocenters. The van der Waals surface area contributed by atoms with Gasteiger partial charge in [0.25, 0.3) is 0 Å². The number of carbonyl (C=O) groups excluding carboxylic acids is 1. The number of benzene rings is 1. The first-order chi connectivity index (χ1) is 9.65. The molecule has 0 radical (unpaired) electrons. The first kappa shape index (κ1) is 13.1. The second-order valence-corrected chi connectivity index (χ2v) is 5.77. The molecular weight excluding hydrogens is 279 g/mol. The summed E-state index contributed by atoms with van der Waals surface area (Å²) in [6.07, 6.45) is 0.781. The third-order valence-electron chi connectivity index (χ3n) is 3.22. The van der Waals surface area contributed by atoms with Gasteiger partial charge in [0, 0.05) is 13.6 Å². The Morgan fingerprint density at radius 2 is 2.25 bits per heavy atom. The van der Waals surface area contributed by atoms with E-state index in [1.54, 1.807) is 30.1 Å². The minimum atomic E-state index is -0.350. The van der Waals surface area contributed by atoms with E-state index in [-0.39, 0.29) is 17.0 Å². The monoisotopic (exact) mass is 292 g/mol. The third-order valence-corrected chi connectivity index (χ3v) is 4.34. The number of aromatic amines is 1. The predicted octanol–water partition coefficient (Wildman–Crippen LogP) is 1.93. The number of halogens is 1. The molecule has 0 bridgehead atoms. The zero-order chi connectivity index (χ0) is 14.1. The Balaban J connectivity index is 1.78. The zero-order valence-corrected chi connectivity index (χ0v) is 11.7. The lowest BCUT2D eigenvalue weighted by Crippen LogP contribution is -2.23. The van der Waals surface area contributed by atoms with Gasteiger partial charge in [-0.1, -0.05) is 23.9 Å². The maximum Gasteiger partial charge on any atom is 0.235 e. The Morgan fingerprint density at radius 1 is 1.45 bits per heavy atom. The minimum absolute atomic E-state index is 0.0900. The summed E-state index contributed by atoms with van der Waals surface area (Å²) in [6.45, 7) is 0.751. The third kappa shape index (κ3) is 2.40. The van der Waals surface area contributed by atoms with Gasteiger partial charge in [0.1, 0.15) is 5.82 Å². The van der Waals surface area contributed by atoms with Crippen molar-refractivity contribution in [3.63, 3.8) is 0 Å². The number of amides is 1. The van der Waals surface area contributed by atoms with Crippen molar-refractivity contribution in [3.05, 3.63) is 30.1 Å². The smallest absolute Gasteiger partial charge is 0.235 e. The molecule has 1 aliphatic heterocycles. The van der Waals surface area contributed by atoms with E-state index in [1.807, 2.05) is 0 Å². The summed E-state index contributed by atoms with van der Waals surface area (Å²) in [5.74, 6) is 0.119. The van der Waals surface area contributed by atoms with Gasteiger partial charge < -0.3 is 4.90 Å². The van der Waals surface area contributed by atoms with Crippen molar-refractivity contribution in [3.8, 4) is 11.4 Å². The molecular formula is C13H13FN4OS. The Bertz CT molecular complexity index is 645. The number of hydrogen-bond donors (Lipinski definition) is 1. The Kier molecular flexibility index (Phi) is 3.43. The standard InChI is InChI=1S/C13H13FN4OS/c1-18-7-6-10(12(18)19)20-13-15-11(16-17-13)8-4-2-3-5-9(8)14/h2-5,10H,6-7H2,1H3,(H,15,16,17). The van der Waals surface area contributed by atoms with Crippen LogP contribution < -0.4 is 0 Å². The highest BCUT2D eigenvalue weighted by Crippen LogP contribution is 2.29. The molecule has 104 valence electrons. The van der Waals surface area contributed by atoms with Gasteiger partial charge in [-0.05, 0) is 18.6 Å². The number of H-pyrrole nitrogens is 1. The summed E-state index contributed by atoms with van der Waals surface area (Å²) in [7, 11) is 1.78. The lowest BCUT2D eigenvalue weighted by molar-refractivity contribution is -0.126. The molecule has 1 fully saturated rings. The number of nitrogens with zero attached hydrogens (tertiary/aromatic N) is 3. The molecule has 1 N–H and O–H groups in total. The van der Waals surface area contributed by atoms with E-state index >= 15 is 0 Å². The van der Waals surface area contributed by atoms with E-state index in [0.717, 1.165) is 13.0 Å². The first-order valence-electron chi connectivity index (χ1n) is 6.24. The van der Waals surface area contributed by atoms with Crippen molar-refractivity contribution in [1.29, 1.82) is 0 Å². The van der Waals surface area contributed by atoms with Crippen molar-refractivity contribution in [2.45, 2.75) is 16.8 Å². The van der Waals surface area contributed by atoms with Crippen LogP contribution in [-0.2, 0) is 4.79 Å². The van der Waals surface area contributed by atoms with Gasteiger partial charge in [0.15, 0.2) is 5.82 Å². The summed E-state index contributed by atoms with van der Waals surface area (Å²) in [5, 5.41) is 7.08. The number of rotatable bonds is 3. The van der Waals surface area contributed by atoms with Crippen LogP contribution in [0.1, 0.15) is 6.42 Å². The fourth-order valence-corrected chi connectivity index (χ4v) is 3.10. The Hall–Kier alpha value is -1.89. The molecule has 1 aliphatic rings. The highest BCUT2D eigenvalue weighted by atomic mass is 32.2. The fourth-order valence-electron chi connectivity index (χ4n) is 2.10. The van der Waals surface area contributed by atoms with E-state index in [2.05, 4.69) is 15.2 Å². The number of hydrogen-bond acceptors (Lipinski definition) is 4. The number of carbonyl (C=O) groups is 1. The van der Waals surface area contributed by atoms with Gasteiger partial charge in [-0.25, -0.2) is 9.37 Å². The van der Waals surface area contributed by atoms with Gasteiger partial charge in [-0.15, -0.1) is 5.10 Å². The molecule has 1 saturated heterocycles. The topological polar surface area (TPSA) is 61.9 Å². The van der Waals surface area contributed by atoms with Crippen molar-refractivity contribution < 1.29 is 9.18 Å². The van der Waals surface area contributed by atoms with Crippen LogP contribution in [0.3, 0.4) is 0 Å². The predicted molar refractivity (Wildman–Crippen MR) is 73.7 cm³/mol. The quantitative estimate of drug-likeness (QED) is 0.939. The van der Waals surface area contributed by atoms with Gasteiger partial charge in [-0.2, -0.15) is 0 Å². The molecule has 1 amide bonds. The largest absolute Gasteiger partial charge is 0.345 e. The van der Waals surface area contributed by atoms with Crippen LogP contribution in [0.2, 0.25) is 0 Å². The van der Waals surface area contributed by atoms with Crippen LogP contribution in [0.5, 0.6) is 0 Å². The normalized spacial score (nSPS) is 18.8. The summed E-state index contributed by atoms with van der Waals surface area (Å²) < 4.78 is 13.6. The van der Waals surface area contributed by atoms with Crippen molar-refractivity contribution >= 4 is 17.7 Å². The first-order valence-corrected chi connectivity index (χ1v) is 7.12. The molecule has 2 aromatic rings. The van der Waals surface area contributed by atoms with E-state index in [4.69, 9.17) is 0 Å². The van der Waals surface area contributed by atoms with E-state index in [0.29, 0.717) is 16.5 Å². The molecule has 0 aliphatic carbocycles. The molecule has 1 aromatic carbocycles. The summed E-state index contributed by atoms with van der Waals surface area (Å²) in [5.41, 5.74) is 0.377. The van der Waals surface area contributed by atoms with Crippen molar-refractivity contribution in [2.24, 2.45) is 0 Å². The molecule has 20 heavy (non-hydrogen) atoms. The van der Waals surface area contributed by atoms with Crippen molar-refractivity contribution in [2.75, 3.05) is 13.6 Å². The number of likely N-dealkylation sites (tertiary alicyclic amines) is 1.